The van der Waals surface area contributed by atoms with Crippen molar-refractivity contribution in [2.45, 2.75) is 4.90 Å². The topological polar surface area (TPSA) is 53.5 Å². The predicted molar refractivity (Wildman–Crippen MR) is 86.7 cm³/mol. The van der Waals surface area contributed by atoms with Crippen molar-refractivity contribution in [1.29, 1.82) is 0 Å². The molecule has 0 atom stereocenters. The third-order valence-electron chi connectivity index (χ3n) is 3.70. The first kappa shape index (κ1) is 15.3. The SMILES string of the molecule is O=S(=O)(c1cccnc1)N1CCN(c2ccc(Cl)cc2)CC1. The van der Waals surface area contributed by atoms with E-state index in [1.807, 2.05) is 24.3 Å². The summed E-state index contributed by atoms with van der Waals surface area (Å²) < 4.78 is 26.6. The van der Waals surface area contributed by atoms with Crippen LogP contribution in [-0.4, -0.2) is 43.9 Å². The molecule has 1 aromatic carbocycles. The molecule has 0 spiro atoms. The van der Waals surface area contributed by atoms with Crippen LogP contribution in [0.3, 0.4) is 0 Å². The van der Waals surface area contributed by atoms with Gasteiger partial charge in [-0.05, 0) is 36.4 Å². The Labute approximate surface area is 135 Å². The molecule has 1 aromatic heterocycles. The summed E-state index contributed by atoms with van der Waals surface area (Å²) in [5, 5.41) is 0.696. The second-order valence-electron chi connectivity index (χ2n) is 5.06. The molecule has 5 nitrogen and oxygen atoms in total. The molecular weight excluding hydrogens is 322 g/mol. The Bertz CT molecular complexity index is 727. The zero-order chi connectivity index (χ0) is 15.6. The molecule has 1 saturated heterocycles. The van der Waals surface area contributed by atoms with Crippen LogP contribution in [0, 0.1) is 0 Å². The third-order valence-corrected chi connectivity index (χ3v) is 5.84. The van der Waals surface area contributed by atoms with Gasteiger partial charge in [0.05, 0.1) is 0 Å². The van der Waals surface area contributed by atoms with Crippen molar-refractivity contribution in [2.75, 3.05) is 31.1 Å². The van der Waals surface area contributed by atoms with E-state index in [-0.39, 0.29) is 4.90 Å². The molecule has 1 aliphatic rings. The molecule has 2 aromatic rings. The highest BCUT2D eigenvalue weighted by Gasteiger charge is 2.28. The van der Waals surface area contributed by atoms with Gasteiger partial charge in [0.1, 0.15) is 4.90 Å². The van der Waals surface area contributed by atoms with Gasteiger partial charge in [-0.25, -0.2) is 8.42 Å². The number of pyridine rings is 1. The number of halogens is 1. The van der Waals surface area contributed by atoms with Gasteiger partial charge in [-0.3, -0.25) is 4.98 Å². The molecule has 0 unspecified atom stereocenters. The Kier molecular flexibility index (Phi) is 4.33. The van der Waals surface area contributed by atoms with E-state index < -0.39 is 10.0 Å². The van der Waals surface area contributed by atoms with E-state index in [0.717, 1.165) is 5.69 Å². The second kappa shape index (κ2) is 6.24. The molecule has 3 rings (SSSR count). The average molecular weight is 338 g/mol. The van der Waals surface area contributed by atoms with E-state index in [1.54, 1.807) is 18.3 Å². The highest BCUT2D eigenvalue weighted by atomic mass is 35.5. The molecular formula is C15H16ClN3O2S. The molecule has 0 bridgehead atoms. The van der Waals surface area contributed by atoms with Gasteiger partial charge in [-0.1, -0.05) is 11.6 Å². The highest BCUT2D eigenvalue weighted by molar-refractivity contribution is 7.89. The number of nitrogens with zero attached hydrogens (tertiary/aromatic N) is 3. The van der Waals surface area contributed by atoms with E-state index in [9.17, 15) is 8.42 Å². The minimum absolute atomic E-state index is 0.245. The minimum atomic E-state index is -3.45. The van der Waals surface area contributed by atoms with E-state index in [1.165, 1.54) is 10.5 Å². The molecule has 1 aliphatic heterocycles. The monoisotopic (exact) mass is 337 g/mol. The molecule has 2 heterocycles. The number of hydrogen-bond donors (Lipinski definition) is 0. The smallest absolute Gasteiger partial charge is 0.244 e. The Hall–Kier alpha value is -1.63. The Balaban J connectivity index is 1.70. The lowest BCUT2D eigenvalue weighted by atomic mass is 10.2. The maximum Gasteiger partial charge on any atom is 0.244 e. The predicted octanol–water partition coefficient (Wildman–Crippen LogP) is 2.25. The summed E-state index contributed by atoms with van der Waals surface area (Å²) in [7, 11) is -3.45. The van der Waals surface area contributed by atoms with Crippen LogP contribution < -0.4 is 4.90 Å². The molecule has 0 amide bonds. The van der Waals surface area contributed by atoms with Gasteiger partial charge < -0.3 is 4.90 Å². The van der Waals surface area contributed by atoms with Crippen LogP contribution in [0.25, 0.3) is 0 Å². The van der Waals surface area contributed by atoms with E-state index in [2.05, 4.69) is 9.88 Å². The first-order valence-electron chi connectivity index (χ1n) is 6.98. The summed E-state index contributed by atoms with van der Waals surface area (Å²) in [5.74, 6) is 0. The van der Waals surface area contributed by atoms with Gasteiger partial charge in [0.2, 0.25) is 10.0 Å². The van der Waals surface area contributed by atoms with Gasteiger partial charge >= 0.3 is 0 Å². The number of anilines is 1. The molecule has 1 fully saturated rings. The lowest BCUT2D eigenvalue weighted by Gasteiger charge is -2.35. The van der Waals surface area contributed by atoms with Crippen molar-refractivity contribution in [3.63, 3.8) is 0 Å². The van der Waals surface area contributed by atoms with Gasteiger partial charge in [-0.15, -0.1) is 0 Å². The molecule has 22 heavy (non-hydrogen) atoms. The van der Waals surface area contributed by atoms with Crippen LogP contribution >= 0.6 is 11.6 Å². The molecule has 0 saturated carbocycles. The number of hydrogen-bond acceptors (Lipinski definition) is 4. The van der Waals surface area contributed by atoms with E-state index in [0.29, 0.717) is 31.2 Å². The lowest BCUT2D eigenvalue weighted by Crippen LogP contribution is -2.48. The average Bonchev–Trinajstić information content (AvgIpc) is 2.56. The standard InChI is InChI=1S/C15H16ClN3O2S/c16-13-3-5-14(6-4-13)18-8-10-19(11-9-18)22(20,21)15-2-1-7-17-12-15/h1-7,12H,8-11H2. The van der Waals surface area contributed by atoms with Crippen molar-refractivity contribution < 1.29 is 8.42 Å². The summed E-state index contributed by atoms with van der Waals surface area (Å²) >= 11 is 5.89. The highest BCUT2D eigenvalue weighted by Crippen LogP contribution is 2.22. The largest absolute Gasteiger partial charge is 0.369 e. The summed E-state index contributed by atoms with van der Waals surface area (Å²) in [6, 6.07) is 10.8. The molecule has 0 aliphatic carbocycles. The van der Waals surface area contributed by atoms with Crippen LogP contribution in [0.1, 0.15) is 0 Å². The van der Waals surface area contributed by atoms with Gasteiger partial charge in [-0.2, -0.15) is 4.31 Å². The van der Waals surface area contributed by atoms with Gasteiger partial charge in [0.25, 0.3) is 0 Å². The summed E-state index contributed by atoms with van der Waals surface area (Å²) in [5.41, 5.74) is 1.06. The fourth-order valence-corrected chi connectivity index (χ4v) is 4.00. The maximum absolute atomic E-state index is 12.5. The zero-order valence-electron chi connectivity index (χ0n) is 11.9. The fraction of sp³-hybridized carbons (Fsp3) is 0.267. The van der Waals surface area contributed by atoms with Crippen LogP contribution in [-0.2, 0) is 10.0 Å². The Morgan fingerprint density at radius 3 is 2.27 bits per heavy atom. The van der Waals surface area contributed by atoms with Gasteiger partial charge in [0.15, 0.2) is 0 Å². The van der Waals surface area contributed by atoms with Crippen molar-refractivity contribution in [1.82, 2.24) is 9.29 Å². The normalized spacial score (nSPS) is 16.7. The van der Waals surface area contributed by atoms with E-state index >= 15 is 0 Å². The lowest BCUT2D eigenvalue weighted by molar-refractivity contribution is 0.385. The second-order valence-corrected chi connectivity index (χ2v) is 7.43. The maximum atomic E-state index is 12.5. The van der Waals surface area contributed by atoms with Crippen LogP contribution in [0.15, 0.2) is 53.7 Å². The van der Waals surface area contributed by atoms with Crippen LogP contribution in [0.4, 0.5) is 5.69 Å². The van der Waals surface area contributed by atoms with Crippen molar-refractivity contribution in [3.05, 3.63) is 53.8 Å². The van der Waals surface area contributed by atoms with Crippen molar-refractivity contribution in [2.24, 2.45) is 0 Å². The zero-order valence-corrected chi connectivity index (χ0v) is 13.5. The minimum Gasteiger partial charge on any atom is -0.369 e. The van der Waals surface area contributed by atoms with Crippen molar-refractivity contribution >= 4 is 27.3 Å². The molecule has 0 radical (unpaired) electrons. The summed E-state index contributed by atoms with van der Waals surface area (Å²) in [6.07, 6.45) is 2.96. The first-order chi connectivity index (χ1) is 10.6. The summed E-state index contributed by atoms with van der Waals surface area (Å²) in [6.45, 7) is 2.22. The van der Waals surface area contributed by atoms with E-state index in [4.69, 9.17) is 11.6 Å². The molecule has 0 N–H and O–H groups in total. The quantitative estimate of drug-likeness (QED) is 0.862. The fourth-order valence-electron chi connectivity index (χ4n) is 2.49. The van der Waals surface area contributed by atoms with Gasteiger partial charge in [0, 0.05) is 49.3 Å². The number of benzene rings is 1. The number of piperazine rings is 1. The van der Waals surface area contributed by atoms with Crippen LogP contribution in [0.5, 0.6) is 0 Å². The Morgan fingerprint density at radius 1 is 1.00 bits per heavy atom. The number of aromatic nitrogens is 1. The Morgan fingerprint density at radius 2 is 1.68 bits per heavy atom. The number of rotatable bonds is 3. The van der Waals surface area contributed by atoms with Crippen LogP contribution in [0.2, 0.25) is 5.02 Å². The van der Waals surface area contributed by atoms with Crippen molar-refractivity contribution in [3.8, 4) is 0 Å². The molecule has 116 valence electrons. The molecule has 7 heteroatoms. The third kappa shape index (κ3) is 3.09. The summed E-state index contributed by atoms with van der Waals surface area (Å²) in [4.78, 5) is 6.29. The number of sulfonamides is 1. The first-order valence-corrected chi connectivity index (χ1v) is 8.80.